The highest BCUT2D eigenvalue weighted by Gasteiger charge is 2.29. The Hall–Kier alpha value is -2.69. The SMILES string of the molecule is O=S(=O)(c1ccc(F)c(F)c1)N1CCN(Cc2nc(-c3ccccc3)no2)CC1. The summed E-state index contributed by atoms with van der Waals surface area (Å²) >= 11 is 0. The van der Waals surface area contributed by atoms with Crippen LogP contribution in [0.4, 0.5) is 8.78 Å². The number of nitrogens with zero attached hydrogens (tertiary/aromatic N) is 4. The van der Waals surface area contributed by atoms with Gasteiger partial charge in [0.1, 0.15) is 0 Å². The molecule has 0 spiro atoms. The smallest absolute Gasteiger partial charge is 0.243 e. The molecule has 0 N–H and O–H groups in total. The van der Waals surface area contributed by atoms with Crippen molar-refractivity contribution >= 4 is 10.0 Å². The Labute approximate surface area is 166 Å². The number of hydrogen-bond donors (Lipinski definition) is 0. The molecule has 10 heteroatoms. The molecule has 1 aromatic heterocycles. The largest absolute Gasteiger partial charge is 0.338 e. The Balaban J connectivity index is 1.38. The van der Waals surface area contributed by atoms with Crippen LogP contribution in [0, 0.1) is 11.6 Å². The molecule has 2 aromatic carbocycles. The third-order valence-corrected chi connectivity index (χ3v) is 6.61. The van der Waals surface area contributed by atoms with Crippen LogP contribution >= 0.6 is 0 Å². The molecule has 29 heavy (non-hydrogen) atoms. The van der Waals surface area contributed by atoms with Gasteiger partial charge in [0.05, 0.1) is 11.4 Å². The summed E-state index contributed by atoms with van der Waals surface area (Å²) in [5.74, 6) is -1.32. The molecule has 0 aliphatic carbocycles. The van der Waals surface area contributed by atoms with Gasteiger partial charge in [-0.2, -0.15) is 9.29 Å². The Morgan fingerprint density at radius 3 is 2.38 bits per heavy atom. The van der Waals surface area contributed by atoms with Gasteiger partial charge in [-0.3, -0.25) is 4.90 Å². The molecule has 152 valence electrons. The van der Waals surface area contributed by atoms with Crippen LogP contribution in [0.3, 0.4) is 0 Å². The van der Waals surface area contributed by atoms with Crippen molar-refractivity contribution in [3.63, 3.8) is 0 Å². The van der Waals surface area contributed by atoms with Crippen LogP contribution in [0.25, 0.3) is 11.4 Å². The van der Waals surface area contributed by atoms with E-state index in [1.807, 2.05) is 35.2 Å². The predicted octanol–water partition coefficient (Wildman–Crippen LogP) is 2.52. The van der Waals surface area contributed by atoms with E-state index in [0.29, 0.717) is 37.4 Å². The number of aromatic nitrogens is 2. The van der Waals surface area contributed by atoms with E-state index in [2.05, 4.69) is 10.1 Å². The monoisotopic (exact) mass is 420 g/mol. The van der Waals surface area contributed by atoms with E-state index in [9.17, 15) is 17.2 Å². The number of piperazine rings is 1. The molecule has 3 aromatic rings. The van der Waals surface area contributed by atoms with Crippen LogP contribution in [-0.4, -0.2) is 53.9 Å². The van der Waals surface area contributed by atoms with Gasteiger partial charge in [-0.1, -0.05) is 35.5 Å². The molecule has 0 amide bonds. The molecule has 0 saturated carbocycles. The Morgan fingerprint density at radius 2 is 1.69 bits per heavy atom. The first kappa shape index (κ1) is 19.6. The summed E-state index contributed by atoms with van der Waals surface area (Å²) in [7, 11) is -3.88. The zero-order chi connectivity index (χ0) is 20.4. The van der Waals surface area contributed by atoms with Gasteiger partial charge in [-0.25, -0.2) is 17.2 Å². The molecular formula is C19H18F2N4O3S. The lowest BCUT2D eigenvalue weighted by Crippen LogP contribution is -2.48. The average molecular weight is 420 g/mol. The van der Waals surface area contributed by atoms with E-state index in [0.717, 1.165) is 17.7 Å². The van der Waals surface area contributed by atoms with E-state index in [1.165, 1.54) is 4.31 Å². The normalized spacial score (nSPS) is 16.2. The van der Waals surface area contributed by atoms with Crippen molar-refractivity contribution in [1.82, 2.24) is 19.3 Å². The summed E-state index contributed by atoms with van der Waals surface area (Å²) in [4.78, 5) is 6.12. The van der Waals surface area contributed by atoms with E-state index in [-0.39, 0.29) is 18.0 Å². The van der Waals surface area contributed by atoms with E-state index < -0.39 is 21.7 Å². The lowest BCUT2D eigenvalue weighted by atomic mass is 10.2. The third-order valence-electron chi connectivity index (χ3n) is 4.72. The van der Waals surface area contributed by atoms with Crippen molar-refractivity contribution in [1.29, 1.82) is 0 Å². The molecule has 2 heterocycles. The Morgan fingerprint density at radius 1 is 0.966 bits per heavy atom. The fourth-order valence-electron chi connectivity index (χ4n) is 3.13. The van der Waals surface area contributed by atoms with Crippen LogP contribution in [-0.2, 0) is 16.6 Å². The average Bonchev–Trinajstić information content (AvgIpc) is 3.19. The van der Waals surface area contributed by atoms with E-state index >= 15 is 0 Å². The minimum atomic E-state index is -3.88. The second-order valence-electron chi connectivity index (χ2n) is 6.63. The van der Waals surface area contributed by atoms with Crippen LogP contribution < -0.4 is 0 Å². The number of halogens is 2. The predicted molar refractivity (Wildman–Crippen MR) is 100 cm³/mol. The van der Waals surface area contributed by atoms with Gasteiger partial charge in [0.25, 0.3) is 0 Å². The third kappa shape index (κ3) is 4.19. The molecule has 1 saturated heterocycles. The van der Waals surface area contributed by atoms with Crippen LogP contribution in [0.1, 0.15) is 5.89 Å². The number of benzene rings is 2. The number of rotatable bonds is 5. The maximum Gasteiger partial charge on any atom is 0.243 e. The van der Waals surface area contributed by atoms with Gasteiger partial charge in [-0.05, 0) is 18.2 Å². The maximum atomic E-state index is 13.4. The molecule has 1 fully saturated rings. The minimum absolute atomic E-state index is 0.223. The summed E-state index contributed by atoms with van der Waals surface area (Å²) in [5, 5.41) is 3.98. The van der Waals surface area contributed by atoms with Crippen molar-refractivity contribution in [2.75, 3.05) is 26.2 Å². The lowest BCUT2D eigenvalue weighted by Gasteiger charge is -2.33. The zero-order valence-corrected chi connectivity index (χ0v) is 16.1. The van der Waals surface area contributed by atoms with Crippen molar-refractivity contribution in [2.45, 2.75) is 11.4 Å². The maximum absolute atomic E-state index is 13.4. The van der Waals surface area contributed by atoms with Gasteiger partial charge in [0.2, 0.25) is 21.7 Å². The van der Waals surface area contributed by atoms with Crippen molar-refractivity contribution in [3.8, 4) is 11.4 Å². The molecule has 1 aliphatic heterocycles. The Kier molecular flexibility index (Phi) is 5.39. The number of hydrogen-bond acceptors (Lipinski definition) is 6. The fourth-order valence-corrected chi connectivity index (χ4v) is 4.56. The molecule has 0 unspecified atom stereocenters. The highest BCUT2D eigenvalue weighted by atomic mass is 32.2. The van der Waals surface area contributed by atoms with Crippen molar-refractivity contribution in [2.24, 2.45) is 0 Å². The molecule has 0 radical (unpaired) electrons. The highest BCUT2D eigenvalue weighted by Crippen LogP contribution is 2.21. The second kappa shape index (κ2) is 7.97. The summed E-state index contributed by atoms with van der Waals surface area (Å²) in [6, 6.07) is 12.0. The van der Waals surface area contributed by atoms with Gasteiger partial charge in [0, 0.05) is 31.7 Å². The molecular weight excluding hydrogens is 402 g/mol. The molecule has 0 bridgehead atoms. The van der Waals surface area contributed by atoms with Gasteiger partial charge in [-0.15, -0.1) is 0 Å². The summed E-state index contributed by atoms with van der Waals surface area (Å²) in [5.41, 5.74) is 0.852. The van der Waals surface area contributed by atoms with Crippen LogP contribution in [0.15, 0.2) is 57.9 Å². The van der Waals surface area contributed by atoms with Gasteiger partial charge in [0.15, 0.2) is 11.6 Å². The van der Waals surface area contributed by atoms with Gasteiger partial charge < -0.3 is 4.52 Å². The second-order valence-corrected chi connectivity index (χ2v) is 8.57. The first-order valence-electron chi connectivity index (χ1n) is 8.99. The summed E-state index contributed by atoms with van der Waals surface area (Å²) in [6.07, 6.45) is 0. The van der Waals surface area contributed by atoms with Gasteiger partial charge >= 0.3 is 0 Å². The van der Waals surface area contributed by atoms with E-state index in [4.69, 9.17) is 4.52 Å². The molecule has 7 nitrogen and oxygen atoms in total. The fraction of sp³-hybridized carbons (Fsp3) is 0.263. The molecule has 0 atom stereocenters. The lowest BCUT2D eigenvalue weighted by molar-refractivity contribution is 0.163. The van der Waals surface area contributed by atoms with Crippen LogP contribution in [0.5, 0.6) is 0 Å². The first-order valence-corrected chi connectivity index (χ1v) is 10.4. The van der Waals surface area contributed by atoms with Crippen LogP contribution in [0.2, 0.25) is 0 Å². The molecule has 4 rings (SSSR count). The zero-order valence-electron chi connectivity index (χ0n) is 15.3. The highest BCUT2D eigenvalue weighted by molar-refractivity contribution is 7.89. The topological polar surface area (TPSA) is 79.5 Å². The molecule has 1 aliphatic rings. The number of sulfonamides is 1. The van der Waals surface area contributed by atoms with Crippen molar-refractivity contribution in [3.05, 3.63) is 66.1 Å². The quantitative estimate of drug-likeness (QED) is 0.631. The summed E-state index contributed by atoms with van der Waals surface area (Å²) < 4.78 is 58.4. The summed E-state index contributed by atoms with van der Waals surface area (Å²) in [6.45, 7) is 1.75. The van der Waals surface area contributed by atoms with Crippen molar-refractivity contribution < 1.29 is 21.7 Å². The first-order chi connectivity index (χ1) is 13.9. The Bertz CT molecular complexity index is 1100. The standard InChI is InChI=1S/C19H18F2N4O3S/c20-16-7-6-15(12-17(16)21)29(26,27)25-10-8-24(9-11-25)13-18-22-19(23-28-18)14-4-2-1-3-5-14/h1-7,12H,8-11,13H2. The van der Waals surface area contributed by atoms with E-state index in [1.54, 1.807) is 0 Å². The minimum Gasteiger partial charge on any atom is -0.338 e.